The summed E-state index contributed by atoms with van der Waals surface area (Å²) in [6, 6.07) is 9.37. The van der Waals surface area contributed by atoms with Gasteiger partial charge in [0, 0.05) is 6.54 Å². The number of aromatic nitrogens is 1. The van der Waals surface area contributed by atoms with E-state index in [-0.39, 0.29) is 6.54 Å². The Morgan fingerprint density at radius 2 is 1.95 bits per heavy atom. The van der Waals surface area contributed by atoms with Crippen molar-refractivity contribution in [2.45, 2.75) is 12.6 Å². The van der Waals surface area contributed by atoms with E-state index < -0.39 is 22.7 Å². The van der Waals surface area contributed by atoms with Crippen molar-refractivity contribution in [1.82, 2.24) is 10.3 Å². The number of nitrogens with zero attached hydrogens (tertiary/aromatic N) is 1. The Hall–Kier alpha value is -1.89. The fourth-order valence-corrected chi connectivity index (χ4v) is 2.38. The van der Waals surface area contributed by atoms with E-state index in [4.69, 9.17) is 0 Å². The van der Waals surface area contributed by atoms with Crippen molar-refractivity contribution in [3.05, 3.63) is 52.0 Å². The predicted octanol–water partition coefficient (Wildman–Crippen LogP) is 3.13. The molecule has 1 aromatic carbocycles. The molecule has 0 aliphatic carbocycles. The Balaban J connectivity index is 1.95. The summed E-state index contributed by atoms with van der Waals surface area (Å²) in [6.45, 7) is 0.276. The second-order valence-electron chi connectivity index (χ2n) is 4.02. The van der Waals surface area contributed by atoms with Crippen LogP contribution in [0.5, 0.6) is 0 Å². The Kier molecular flexibility index (Phi) is 4.39. The van der Waals surface area contributed by atoms with Crippen LogP contribution >= 0.6 is 11.3 Å². The van der Waals surface area contributed by atoms with Crippen LogP contribution < -0.4 is 5.32 Å². The molecule has 0 fully saturated rings. The molecular formula is C13H11F3N2OS. The van der Waals surface area contributed by atoms with Gasteiger partial charge in [0.2, 0.25) is 0 Å². The third-order valence-electron chi connectivity index (χ3n) is 2.58. The number of thiazole rings is 1. The van der Waals surface area contributed by atoms with Gasteiger partial charge >= 0.3 is 6.18 Å². The third-order valence-corrected chi connectivity index (χ3v) is 3.41. The maximum atomic E-state index is 12.6. The molecule has 0 saturated carbocycles. The molecule has 3 nitrogen and oxygen atoms in total. The first-order valence-electron chi connectivity index (χ1n) is 5.81. The largest absolute Gasteiger partial charge is 0.434 e. The summed E-state index contributed by atoms with van der Waals surface area (Å²) in [5.74, 6) is -0.740. The minimum absolute atomic E-state index is 0.276. The number of rotatable bonds is 4. The zero-order chi connectivity index (χ0) is 14.6. The van der Waals surface area contributed by atoms with Crippen molar-refractivity contribution in [2.75, 3.05) is 6.54 Å². The van der Waals surface area contributed by atoms with Crippen LogP contribution in [0.3, 0.4) is 0 Å². The van der Waals surface area contributed by atoms with Gasteiger partial charge in [-0.1, -0.05) is 30.3 Å². The maximum absolute atomic E-state index is 12.6. The molecule has 20 heavy (non-hydrogen) atoms. The normalized spacial score (nSPS) is 11.3. The number of amides is 1. The predicted molar refractivity (Wildman–Crippen MR) is 69.6 cm³/mol. The molecule has 2 aromatic rings. The van der Waals surface area contributed by atoms with E-state index in [0.717, 1.165) is 11.1 Å². The molecule has 0 aliphatic heterocycles. The zero-order valence-electron chi connectivity index (χ0n) is 10.3. The molecule has 1 heterocycles. The van der Waals surface area contributed by atoms with Crippen LogP contribution in [0.15, 0.2) is 35.8 Å². The highest BCUT2D eigenvalue weighted by molar-refractivity contribution is 7.11. The van der Waals surface area contributed by atoms with Gasteiger partial charge < -0.3 is 5.32 Å². The van der Waals surface area contributed by atoms with Gasteiger partial charge in [0.1, 0.15) is 4.88 Å². The quantitative estimate of drug-likeness (QED) is 0.942. The van der Waals surface area contributed by atoms with E-state index in [0.29, 0.717) is 17.8 Å². The fraction of sp³-hybridized carbons (Fsp3) is 0.231. The van der Waals surface area contributed by atoms with E-state index in [9.17, 15) is 18.0 Å². The number of hydrogen-bond acceptors (Lipinski definition) is 3. The highest BCUT2D eigenvalue weighted by atomic mass is 32.1. The van der Waals surface area contributed by atoms with Crippen LogP contribution in [0.2, 0.25) is 0 Å². The molecule has 1 N–H and O–H groups in total. The first-order chi connectivity index (χ1) is 9.48. The van der Waals surface area contributed by atoms with Gasteiger partial charge in [-0.2, -0.15) is 13.2 Å². The van der Waals surface area contributed by atoms with Crippen LogP contribution in [-0.4, -0.2) is 17.4 Å². The van der Waals surface area contributed by atoms with Gasteiger partial charge in [0.25, 0.3) is 5.91 Å². The Bertz CT molecular complexity index is 581. The summed E-state index contributed by atoms with van der Waals surface area (Å²) >= 11 is 0.688. The number of nitrogens with one attached hydrogen (secondary N) is 1. The average molecular weight is 300 g/mol. The Morgan fingerprint density at radius 1 is 1.25 bits per heavy atom. The maximum Gasteiger partial charge on any atom is 0.434 e. The number of carbonyl (C=O) groups is 1. The number of benzene rings is 1. The summed E-state index contributed by atoms with van der Waals surface area (Å²) < 4.78 is 37.8. The van der Waals surface area contributed by atoms with Gasteiger partial charge in [-0.15, -0.1) is 11.3 Å². The third kappa shape index (κ3) is 3.57. The molecular weight excluding hydrogens is 289 g/mol. The van der Waals surface area contributed by atoms with E-state index in [1.165, 1.54) is 0 Å². The first-order valence-corrected chi connectivity index (χ1v) is 6.69. The van der Waals surface area contributed by atoms with Crippen molar-refractivity contribution in [1.29, 1.82) is 0 Å². The standard InChI is InChI=1S/C13H11F3N2OS/c14-13(15,16)11-10(20-8-18-11)12(19)17-7-6-9-4-2-1-3-5-9/h1-5,8H,6-7H2,(H,17,19). The summed E-state index contributed by atoms with van der Waals surface area (Å²) in [7, 11) is 0. The minimum Gasteiger partial charge on any atom is -0.351 e. The second kappa shape index (κ2) is 6.04. The van der Waals surface area contributed by atoms with Crippen LogP contribution in [0.25, 0.3) is 0 Å². The molecule has 2 rings (SSSR count). The van der Waals surface area contributed by atoms with Crippen LogP contribution in [0, 0.1) is 0 Å². The van der Waals surface area contributed by atoms with Crippen LogP contribution in [0.4, 0.5) is 13.2 Å². The molecule has 0 unspecified atom stereocenters. The van der Waals surface area contributed by atoms with Crippen LogP contribution in [-0.2, 0) is 12.6 Å². The molecule has 0 bridgehead atoms. The summed E-state index contributed by atoms with van der Waals surface area (Å²) in [4.78, 5) is 14.5. The Labute approximate surface area is 117 Å². The molecule has 0 spiro atoms. The van der Waals surface area contributed by atoms with E-state index >= 15 is 0 Å². The van der Waals surface area contributed by atoms with Crippen molar-refractivity contribution >= 4 is 17.2 Å². The monoisotopic (exact) mass is 300 g/mol. The van der Waals surface area contributed by atoms with Crippen molar-refractivity contribution in [3.8, 4) is 0 Å². The van der Waals surface area contributed by atoms with Gasteiger partial charge in [0.15, 0.2) is 5.69 Å². The second-order valence-corrected chi connectivity index (χ2v) is 4.87. The topological polar surface area (TPSA) is 42.0 Å². The van der Waals surface area contributed by atoms with Crippen molar-refractivity contribution in [2.24, 2.45) is 0 Å². The van der Waals surface area contributed by atoms with Crippen molar-refractivity contribution < 1.29 is 18.0 Å². The molecule has 0 saturated heterocycles. The summed E-state index contributed by atoms with van der Waals surface area (Å²) in [5, 5.41) is 2.48. The molecule has 0 radical (unpaired) electrons. The lowest BCUT2D eigenvalue weighted by Crippen LogP contribution is -2.27. The molecule has 7 heteroatoms. The van der Waals surface area contributed by atoms with Crippen LogP contribution in [0.1, 0.15) is 20.9 Å². The average Bonchev–Trinajstić information content (AvgIpc) is 2.89. The van der Waals surface area contributed by atoms with Gasteiger partial charge in [-0.3, -0.25) is 4.79 Å². The zero-order valence-corrected chi connectivity index (χ0v) is 11.1. The lowest BCUT2D eigenvalue weighted by atomic mass is 10.1. The molecule has 0 aliphatic rings. The summed E-state index contributed by atoms with van der Waals surface area (Å²) in [6.07, 6.45) is -4.04. The first kappa shape index (κ1) is 14.5. The molecule has 1 aromatic heterocycles. The fourth-order valence-electron chi connectivity index (χ4n) is 1.65. The SMILES string of the molecule is O=C(NCCc1ccccc1)c1scnc1C(F)(F)F. The molecule has 106 valence electrons. The molecule has 0 atom stereocenters. The molecule has 1 amide bonds. The number of carbonyl (C=O) groups excluding carboxylic acids is 1. The van der Waals surface area contributed by atoms with Gasteiger partial charge in [0.05, 0.1) is 5.51 Å². The Morgan fingerprint density at radius 3 is 2.60 bits per heavy atom. The highest BCUT2D eigenvalue weighted by Crippen LogP contribution is 2.32. The lowest BCUT2D eigenvalue weighted by molar-refractivity contribution is -0.141. The summed E-state index contributed by atoms with van der Waals surface area (Å²) in [5.41, 5.74) is 0.905. The van der Waals surface area contributed by atoms with Gasteiger partial charge in [-0.05, 0) is 12.0 Å². The minimum atomic E-state index is -4.61. The van der Waals surface area contributed by atoms with E-state index in [1.54, 1.807) is 0 Å². The highest BCUT2D eigenvalue weighted by Gasteiger charge is 2.38. The van der Waals surface area contributed by atoms with E-state index in [2.05, 4.69) is 10.3 Å². The smallest absolute Gasteiger partial charge is 0.351 e. The van der Waals surface area contributed by atoms with Gasteiger partial charge in [-0.25, -0.2) is 4.98 Å². The number of hydrogen-bond donors (Lipinski definition) is 1. The lowest BCUT2D eigenvalue weighted by Gasteiger charge is -2.07. The van der Waals surface area contributed by atoms with E-state index in [1.807, 2.05) is 30.3 Å². The number of alkyl halides is 3. The number of halogens is 3. The van der Waals surface area contributed by atoms with Crippen molar-refractivity contribution in [3.63, 3.8) is 0 Å².